The molecule has 0 bridgehead atoms. The van der Waals surface area contributed by atoms with E-state index in [0.717, 1.165) is 16.7 Å². The minimum atomic E-state index is -0.512. The molecular formula is C34H28FN3O3. The highest BCUT2D eigenvalue weighted by Crippen LogP contribution is 2.45. The highest BCUT2D eigenvalue weighted by Gasteiger charge is 2.37. The molecule has 2 heterocycles. The van der Waals surface area contributed by atoms with Crippen molar-refractivity contribution in [1.82, 2.24) is 9.88 Å². The predicted molar refractivity (Wildman–Crippen MR) is 156 cm³/mol. The molecule has 0 saturated heterocycles. The summed E-state index contributed by atoms with van der Waals surface area (Å²) in [5.41, 5.74) is 4.75. The Morgan fingerprint density at radius 1 is 0.951 bits per heavy atom. The standard InChI is InChI=1S/C34H28FN3O3/c1-2-28(39)37-30-26-14-9-19-36-31(26)33(41-32(23-10-5-3-6-11-23)24-12-7-4-8-13-24)29-27(30)21-38(34(29)40)20-22-15-17-25(35)18-16-22/h3-19,32H,2,20-21H2,1H3,(H,37,39). The molecule has 1 aliphatic heterocycles. The van der Waals surface area contributed by atoms with Gasteiger partial charge < -0.3 is 15.0 Å². The molecule has 7 heteroatoms. The first-order valence-electron chi connectivity index (χ1n) is 13.6. The van der Waals surface area contributed by atoms with E-state index in [1.807, 2.05) is 66.7 Å². The van der Waals surface area contributed by atoms with Gasteiger partial charge in [-0.15, -0.1) is 0 Å². The molecule has 204 valence electrons. The van der Waals surface area contributed by atoms with E-state index in [1.54, 1.807) is 36.2 Å². The Hall–Kier alpha value is -5.04. The van der Waals surface area contributed by atoms with Gasteiger partial charge in [0.1, 0.15) is 17.4 Å². The quantitative estimate of drug-likeness (QED) is 0.227. The molecule has 4 aromatic carbocycles. The van der Waals surface area contributed by atoms with Crippen molar-refractivity contribution in [3.05, 3.63) is 137 Å². The summed E-state index contributed by atoms with van der Waals surface area (Å²) in [5.74, 6) is -0.370. The molecule has 0 atom stereocenters. The Bertz CT molecular complexity index is 1680. The van der Waals surface area contributed by atoms with E-state index in [4.69, 9.17) is 4.74 Å². The van der Waals surface area contributed by atoms with Gasteiger partial charge in [0.2, 0.25) is 5.91 Å². The first-order valence-corrected chi connectivity index (χ1v) is 13.6. The number of hydrogen-bond acceptors (Lipinski definition) is 4. The number of ether oxygens (including phenoxy) is 1. The van der Waals surface area contributed by atoms with Crippen LogP contribution in [-0.2, 0) is 17.9 Å². The first kappa shape index (κ1) is 26.2. The molecule has 0 aliphatic carbocycles. The third-order valence-electron chi connectivity index (χ3n) is 7.29. The summed E-state index contributed by atoms with van der Waals surface area (Å²) in [6.07, 6.45) is 1.43. The SMILES string of the molecule is CCC(=O)Nc1c2c(c(OC(c3ccccc3)c3ccccc3)c3ncccc13)C(=O)N(Cc1ccc(F)cc1)C2. The molecular weight excluding hydrogens is 517 g/mol. The van der Waals surface area contributed by atoms with Gasteiger partial charge in [-0.05, 0) is 41.0 Å². The monoisotopic (exact) mass is 545 g/mol. The molecule has 1 aliphatic rings. The van der Waals surface area contributed by atoms with E-state index in [0.29, 0.717) is 33.5 Å². The maximum atomic E-state index is 14.1. The number of fused-ring (bicyclic) bond motifs is 2. The molecule has 6 nitrogen and oxygen atoms in total. The molecule has 0 spiro atoms. The average Bonchev–Trinajstić information content (AvgIpc) is 3.34. The predicted octanol–water partition coefficient (Wildman–Crippen LogP) is 7.05. The third kappa shape index (κ3) is 5.14. The molecule has 5 aromatic rings. The normalized spacial score (nSPS) is 12.6. The van der Waals surface area contributed by atoms with Crippen LogP contribution in [0.4, 0.5) is 10.1 Å². The van der Waals surface area contributed by atoms with Crippen LogP contribution in [0, 0.1) is 5.82 Å². The number of pyridine rings is 1. The topological polar surface area (TPSA) is 71.5 Å². The molecule has 0 fully saturated rings. The van der Waals surface area contributed by atoms with Crippen molar-refractivity contribution in [2.24, 2.45) is 0 Å². The van der Waals surface area contributed by atoms with Crippen LogP contribution in [0.3, 0.4) is 0 Å². The number of amides is 2. The van der Waals surface area contributed by atoms with Crippen LogP contribution in [0.25, 0.3) is 10.9 Å². The Morgan fingerprint density at radius 2 is 1.61 bits per heavy atom. The highest BCUT2D eigenvalue weighted by molar-refractivity contribution is 6.13. The fraction of sp³-hybridized carbons (Fsp3) is 0.147. The van der Waals surface area contributed by atoms with E-state index < -0.39 is 6.10 Å². The van der Waals surface area contributed by atoms with Crippen LogP contribution in [-0.4, -0.2) is 21.7 Å². The van der Waals surface area contributed by atoms with Crippen molar-refractivity contribution < 1.29 is 18.7 Å². The Labute approximate surface area is 237 Å². The average molecular weight is 546 g/mol. The Morgan fingerprint density at radius 3 is 2.24 bits per heavy atom. The van der Waals surface area contributed by atoms with Crippen LogP contribution in [0.15, 0.2) is 103 Å². The van der Waals surface area contributed by atoms with Crippen LogP contribution >= 0.6 is 0 Å². The number of carbonyl (C=O) groups excluding carboxylic acids is 2. The van der Waals surface area contributed by atoms with E-state index in [1.165, 1.54) is 12.1 Å². The van der Waals surface area contributed by atoms with Crippen LogP contribution in [0.5, 0.6) is 5.75 Å². The maximum absolute atomic E-state index is 14.1. The number of nitrogens with one attached hydrogen (secondary N) is 1. The largest absolute Gasteiger partial charge is 0.478 e. The lowest BCUT2D eigenvalue weighted by Crippen LogP contribution is -2.23. The van der Waals surface area contributed by atoms with Gasteiger partial charge in [-0.3, -0.25) is 14.6 Å². The van der Waals surface area contributed by atoms with Gasteiger partial charge in [-0.25, -0.2) is 4.39 Å². The van der Waals surface area contributed by atoms with Crippen LogP contribution in [0.2, 0.25) is 0 Å². The summed E-state index contributed by atoms with van der Waals surface area (Å²) in [7, 11) is 0. The second-order valence-corrected chi connectivity index (χ2v) is 9.97. The van der Waals surface area contributed by atoms with Gasteiger partial charge in [-0.1, -0.05) is 79.7 Å². The Balaban J connectivity index is 1.53. The minimum Gasteiger partial charge on any atom is -0.478 e. The lowest BCUT2D eigenvalue weighted by molar-refractivity contribution is -0.115. The molecule has 6 rings (SSSR count). The minimum absolute atomic E-state index is 0.165. The number of benzene rings is 4. The number of carbonyl (C=O) groups is 2. The zero-order valence-corrected chi connectivity index (χ0v) is 22.5. The fourth-order valence-electron chi connectivity index (χ4n) is 5.26. The van der Waals surface area contributed by atoms with Crippen molar-refractivity contribution >= 4 is 28.4 Å². The zero-order valence-electron chi connectivity index (χ0n) is 22.5. The summed E-state index contributed by atoms with van der Waals surface area (Å²) in [4.78, 5) is 33.1. The summed E-state index contributed by atoms with van der Waals surface area (Å²) in [6.45, 7) is 2.32. The molecule has 2 amide bonds. The van der Waals surface area contributed by atoms with Gasteiger partial charge in [0.05, 0.1) is 11.3 Å². The summed E-state index contributed by atoms with van der Waals surface area (Å²) in [6, 6.07) is 29.5. The van der Waals surface area contributed by atoms with Crippen molar-refractivity contribution in [3.8, 4) is 5.75 Å². The zero-order chi connectivity index (χ0) is 28.3. The number of halogens is 1. The van der Waals surface area contributed by atoms with Gasteiger partial charge in [-0.2, -0.15) is 0 Å². The molecule has 0 unspecified atom stereocenters. The third-order valence-corrected chi connectivity index (χ3v) is 7.29. The molecule has 1 N–H and O–H groups in total. The number of aromatic nitrogens is 1. The molecule has 0 radical (unpaired) electrons. The number of rotatable bonds is 8. The lowest BCUT2D eigenvalue weighted by Gasteiger charge is -2.23. The summed E-state index contributed by atoms with van der Waals surface area (Å²) in [5, 5.41) is 3.72. The summed E-state index contributed by atoms with van der Waals surface area (Å²) >= 11 is 0. The van der Waals surface area contributed by atoms with E-state index in [-0.39, 0.29) is 37.1 Å². The van der Waals surface area contributed by atoms with Gasteiger partial charge in [0.25, 0.3) is 5.91 Å². The Kier molecular flexibility index (Phi) is 7.17. The van der Waals surface area contributed by atoms with Gasteiger partial charge in [0.15, 0.2) is 5.75 Å². The van der Waals surface area contributed by atoms with Gasteiger partial charge in [0, 0.05) is 36.7 Å². The first-order chi connectivity index (χ1) is 20.0. The second-order valence-electron chi connectivity index (χ2n) is 9.97. The van der Waals surface area contributed by atoms with Crippen molar-refractivity contribution in [3.63, 3.8) is 0 Å². The highest BCUT2D eigenvalue weighted by atomic mass is 19.1. The molecule has 41 heavy (non-hydrogen) atoms. The van der Waals surface area contributed by atoms with Gasteiger partial charge >= 0.3 is 0 Å². The number of anilines is 1. The second kappa shape index (κ2) is 11.2. The number of nitrogens with zero attached hydrogens (tertiary/aromatic N) is 2. The van der Waals surface area contributed by atoms with E-state index in [9.17, 15) is 14.0 Å². The number of hydrogen-bond donors (Lipinski definition) is 1. The van der Waals surface area contributed by atoms with Crippen molar-refractivity contribution in [2.45, 2.75) is 32.5 Å². The smallest absolute Gasteiger partial charge is 0.258 e. The lowest BCUT2D eigenvalue weighted by atomic mass is 9.99. The summed E-state index contributed by atoms with van der Waals surface area (Å²) < 4.78 is 20.4. The molecule has 1 aromatic heterocycles. The van der Waals surface area contributed by atoms with Crippen molar-refractivity contribution in [1.29, 1.82) is 0 Å². The van der Waals surface area contributed by atoms with Crippen molar-refractivity contribution in [2.75, 3.05) is 5.32 Å². The van der Waals surface area contributed by atoms with Crippen LogP contribution < -0.4 is 10.1 Å². The maximum Gasteiger partial charge on any atom is 0.258 e. The fourth-order valence-corrected chi connectivity index (χ4v) is 5.26. The molecule has 0 saturated carbocycles. The van der Waals surface area contributed by atoms with E-state index >= 15 is 0 Å². The van der Waals surface area contributed by atoms with E-state index in [2.05, 4.69) is 10.3 Å². The van der Waals surface area contributed by atoms with Crippen LogP contribution in [0.1, 0.15) is 52.1 Å².